The zero-order valence-corrected chi connectivity index (χ0v) is 8.42. The van der Waals surface area contributed by atoms with Crippen molar-refractivity contribution in [2.24, 2.45) is 0 Å². The smallest absolute Gasteiger partial charge is 0.0963 e. The summed E-state index contributed by atoms with van der Waals surface area (Å²) in [7, 11) is 0. The summed E-state index contributed by atoms with van der Waals surface area (Å²) in [4.78, 5) is 0. The molecule has 0 aliphatic heterocycles. The molecule has 1 N–H and O–H groups in total. The van der Waals surface area contributed by atoms with Gasteiger partial charge >= 0.3 is 0 Å². The van der Waals surface area contributed by atoms with Gasteiger partial charge in [-0.15, -0.1) is 0 Å². The predicted octanol–water partition coefficient (Wildman–Crippen LogP) is 3.07. The van der Waals surface area contributed by atoms with Gasteiger partial charge in [0.25, 0.3) is 0 Å². The van der Waals surface area contributed by atoms with Gasteiger partial charge in [0.1, 0.15) is 0 Å². The SMILES string of the molecule is CCCC(O)(CCC)c1ccoc1. The predicted molar refractivity (Wildman–Crippen MR) is 52.4 cm³/mol. The van der Waals surface area contributed by atoms with Crippen molar-refractivity contribution in [2.75, 3.05) is 0 Å². The monoisotopic (exact) mass is 182 g/mol. The summed E-state index contributed by atoms with van der Waals surface area (Å²) in [6.07, 6.45) is 6.85. The maximum atomic E-state index is 10.3. The van der Waals surface area contributed by atoms with Crippen LogP contribution in [-0.2, 0) is 5.60 Å². The van der Waals surface area contributed by atoms with Crippen molar-refractivity contribution in [3.05, 3.63) is 24.2 Å². The van der Waals surface area contributed by atoms with Crippen molar-refractivity contribution >= 4 is 0 Å². The van der Waals surface area contributed by atoms with E-state index < -0.39 is 5.60 Å². The van der Waals surface area contributed by atoms with E-state index in [-0.39, 0.29) is 0 Å². The average Bonchev–Trinajstić information content (AvgIpc) is 2.57. The molecular weight excluding hydrogens is 164 g/mol. The summed E-state index contributed by atoms with van der Waals surface area (Å²) in [5.41, 5.74) is 0.243. The third kappa shape index (κ3) is 2.34. The third-order valence-corrected chi connectivity index (χ3v) is 2.39. The highest BCUT2D eigenvalue weighted by Gasteiger charge is 2.27. The molecule has 0 amide bonds. The van der Waals surface area contributed by atoms with Crippen molar-refractivity contribution in [1.82, 2.24) is 0 Å². The van der Waals surface area contributed by atoms with Crippen LogP contribution >= 0.6 is 0 Å². The van der Waals surface area contributed by atoms with Gasteiger partial charge in [-0.05, 0) is 18.9 Å². The Morgan fingerprint density at radius 1 is 1.31 bits per heavy atom. The first-order valence-electron chi connectivity index (χ1n) is 4.98. The van der Waals surface area contributed by atoms with Gasteiger partial charge < -0.3 is 9.52 Å². The van der Waals surface area contributed by atoms with Gasteiger partial charge in [-0.2, -0.15) is 0 Å². The van der Waals surface area contributed by atoms with Crippen molar-refractivity contribution in [1.29, 1.82) is 0 Å². The molecule has 0 saturated heterocycles. The molecule has 2 heteroatoms. The summed E-state index contributed by atoms with van der Waals surface area (Å²) >= 11 is 0. The molecule has 0 atom stereocenters. The second-order valence-electron chi connectivity index (χ2n) is 3.54. The Balaban J connectivity index is 2.78. The van der Waals surface area contributed by atoms with E-state index in [4.69, 9.17) is 4.42 Å². The number of hydrogen-bond donors (Lipinski definition) is 1. The lowest BCUT2D eigenvalue weighted by molar-refractivity contribution is 0.0164. The van der Waals surface area contributed by atoms with Gasteiger partial charge in [0.2, 0.25) is 0 Å². The minimum Gasteiger partial charge on any atom is -0.472 e. The van der Waals surface area contributed by atoms with Gasteiger partial charge in [0.15, 0.2) is 0 Å². The molecule has 0 aromatic carbocycles. The summed E-state index contributed by atoms with van der Waals surface area (Å²) in [6.45, 7) is 4.17. The van der Waals surface area contributed by atoms with Crippen LogP contribution in [0.4, 0.5) is 0 Å². The molecule has 0 saturated carbocycles. The summed E-state index contributed by atoms with van der Waals surface area (Å²) in [5.74, 6) is 0. The highest BCUT2D eigenvalue weighted by Crippen LogP contribution is 2.31. The Morgan fingerprint density at radius 2 is 1.92 bits per heavy atom. The first kappa shape index (κ1) is 10.3. The molecule has 2 nitrogen and oxygen atoms in total. The molecule has 0 bridgehead atoms. The highest BCUT2D eigenvalue weighted by molar-refractivity contribution is 5.15. The Morgan fingerprint density at radius 3 is 2.31 bits per heavy atom. The lowest BCUT2D eigenvalue weighted by atomic mass is 9.87. The minimum atomic E-state index is -0.670. The number of rotatable bonds is 5. The van der Waals surface area contributed by atoms with E-state index in [0.29, 0.717) is 0 Å². The lowest BCUT2D eigenvalue weighted by Gasteiger charge is -2.26. The average molecular weight is 182 g/mol. The molecule has 1 aromatic heterocycles. The largest absolute Gasteiger partial charge is 0.472 e. The highest BCUT2D eigenvalue weighted by atomic mass is 16.3. The second-order valence-corrected chi connectivity index (χ2v) is 3.54. The quantitative estimate of drug-likeness (QED) is 0.759. The van der Waals surface area contributed by atoms with Gasteiger partial charge in [0, 0.05) is 5.56 Å². The maximum Gasteiger partial charge on any atom is 0.0963 e. The van der Waals surface area contributed by atoms with E-state index >= 15 is 0 Å². The van der Waals surface area contributed by atoms with E-state index in [0.717, 1.165) is 31.2 Å². The Kier molecular flexibility index (Phi) is 3.55. The molecule has 74 valence electrons. The molecular formula is C11H18O2. The van der Waals surface area contributed by atoms with Crippen LogP contribution in [0.5, 0.6) is 0 Å². The summed E-state index contributed by atoms with van der Waals surface area (Å²) in [6, 6.07) is 1.85. The van der Waals surface area contributed by atoms with Gasteiger partial charge in [0.05, 0.1) is 18.1 Å². The molecule has 13 heavy (non-hydrogen) atoms. The normalized spacial score (nSPS) is 11.9. The van der Waals surface area contributed by atoms with Crippen LogP contribution < -0.4 is 0 Å². The van der Waals surface area contributed by atoms with E-state index in [9.17, 15) is 5.11 Å². The first-order valence-corrected chi connectivity index (χ1v) is 4.98. The van der Waals surface area contributed by atoms with Crippen LogP contribution in [0.2, 0.25) is 0 Å². The van der Waals surface area contributed by atoms with Gasteiger partial charge in [-0.25, -0.2) is 0 Å². The zero-order chi connectivity index (χ0) is 9.73. The zero-order valence-electron chi connectivity index (χ0n) is 8.42. The molecule has 0 aliphatic rings. The standard InChI is InChI=1S/C11H18O2/c1-3-6-11(12,7-4-2)10-5-8-13-9-10/h5,8-9,12H,3-4,6-7H2,1-2H3. The maximum absolute atomic E-state index is 10.3. The van der Waals surface area contributed by atoms with Crippen LogP contribution in [0.3, 0.4) is 0 Å². The van der Waals surface area contributed by atoms with Crippen molar-refractivity contribution < 1.29 is 9.52 Å². The Bertz CT molecular complexity index is 220. The molecule has 1 rings (SSSR count). The van der Waals surface area contributed by atoms with E-state index in [2.05, 4.69) is 13.8 Å². The molecule has 0 fully saturated rings. The fourth-order valence-corrected chi connectivity index (χ4v) is 1.77. The molecule has 0 aliphatic carbocycles. The Labute approximate surface area is 79.6 Å². The summed E-state index contributed by atoms with van der Waals surface area (Å²) in [5, 5.41) is 10.3. The summed E-state index contributed by atoms with van der Waals surface area (Å²) < 4.78 is 4.99. The van der Waals surface area contributed by atoms with Crippen LogP contribution in [0.15, 0.2) is 23.0 Å². The second kappa shape index (κ2) is 4.47. The minimum absolute atomic E-state index is 0.670. The van der Waals surface area contributed by atoms with E-state index in [1.54, 1.807) is 12.5 Å². The van der Waals surface area contributed by atoms with Crippen LogP contribution in [0.1, 0.15) is 45.1 Å². The van der Waals surface area contributed by atoms with Crippen molar-refractivity contribution in [3.63, 3.8) is 0 Å². The number of aliphatic hydroxyl groups is 1. The molecule has 1 aromatic rings. The van der Waals surface area contributed by atoms with Crippen LogP contribution in [0.25, 0.3) is 0 Å². The number of hydrogen-bond acceptors (Lipinski definition) is 2. The number of furan rings is 1. The van der Waals surface area contributed by atoms with Gasteiger partial charge in [-0.3, -0.25) is 0 Å². The van der Waals surface area contributed by atoms with E-state index in [1.807, 2.05) is 6.07 Å². The van der Waals surface area contributed by atoms with Crippen LogP contribution in [-0.4, -0.2) is 5.11 Å². The lowest BCUT2D eigenvalue weighted by Crippen LogP contribution is -2.24. The van der Waals surface area contributed by atoms with E-state index in [1.165, 1.54) is 0 Å². The molecule has 0 radical (unpaired) electrons. The molecule has 0 unspecified atom stereocenters. The fourth-order valence-electron chi connectivity index (χ4n) is 1.77. The van der Waals surface area contributed by atoms with Crippen molar-refractivity contribution in [2.45, 2.75) is 45.1 Å². The molecule has 1 heterocycles. The van der Waals surface area contributed by atoms with Crippen LogP contribution in [0, 0.1) is 0 Å². The Hall–Kier alpha value is -0.760. The fraction of sp³-hybridized carbons (Fsp3) is 0.636. The molecule has 0 spiro atoms. The van der Waals surface area contributed by atoms with Gasteiger partial charge in [-0.1, -0.05) is 26.7 Å². The first-order chi connectivity index (χ1) is 6.23. The topological polar surface area (TPSA) is 33.4 Å². The van der Waals surface area contributed by atoms with Crippen molar-refractivity contribution in [3.8, 4) is 0 Å². The third-order valence-electron chi connectivity index (χ3n) is 2.39.